The van der Waals surface area contributed by atoms with Crippen LogP contribution in [0.2, 0.25) is 0 Å². The van der Waals surface area contributed by atoms with Gasteiger partial charge in [0, 0.05) is 30.7 Å². The fraction of sp³-hybridized carbons (Fsp3) is 0.647. The predicted molar refractivity (Wildman–Crippen MR) is 81.7 cm³/mol. The van der Waals surface area contributed by atoms with E-state index in [1.54, 1.807) is 0 Å². The summed E-state index contributed by atoms with van der Waals surface area (Å²) in [5.74, 6) is 1.72. The molecule has 0 radical (unpaired) electrons. The van der Waals surface area contributed by atoms with Gasteiger partial charge in [-0.2, -0.15) is 0 Å². The Hall–Kier alpha value is -1.26. The Morgan fingerprint density at radius 3 is 2.71 bits per heavy atom. The van der Waals surface area contributed by atoms with E-state index in [4.69, 9.17) is 9.47 Å². The molecule has 0 spiro atoms. The van der Waals surface area contributed by atoms with Crippen molar-refractivity contribution in [2.45, 2.75) is 38.6 Å². The van der Waals surface area contributed by atoms with Crippen molar-refractivity contribution in [1.82, 2.24) is 5.32 Å². The molecule has 1 aliphatic heterocycles. The molecule has 0 aromatic heterocycles. The van der Waals surface area contributed by atoms with Gasteiger partial charge in [0.05, 0.1) is 0 Å². The second-order valence-electron chi connectivity index (χ2n) is 6.26. The zero-order chi connectivity index (χ0) is 14.5. The maximum absolute atomic E-state index is 9.75. The molecule has 4 nitrogen and oxygen atoms in total. The molecule has 1 aromatic rings. The van der Waals surface area contributed by atoms with Crippen molar-refractivity contribution >= 4 is 0 Å². The van der Waals surface area contributed by atoms with E-state index in [0.717, 1.165) is 43.0 Å². The van der Waals surface area contributed by atoms with Gasteiger partial charge in [0.25, 0.3) is 0 Å². The van der Waals surface area contributed by atoms with Crippen molar-refractivity contribution in [1.29, 1.82) is 0 Å². The number of aliphatic hydroxyl groups is 1. The molecule has 2 N–H and O–H groups in total. The minimum absolute atomic E-state index is 0.0739. The third kappa shape index (κ3) is 3.33. The highest BCUT2D eigenvalue weighted by Gasteiger charge is 2.30. The number of hydrogen-bond acceptors (Lipinski definition) is 4. The summed E-state index contributed by atoms with van der Waals surface area (Å²) in [6, 6.07) is 6.04. The molecule has 0 atom stereocenters. The van der Waals surface area contributed by atoms with Gasteiger partial charge in [-0.3, -0.25) is 0 Å². The zero-order valence-corrected chi connectivity index (χ0v) is 12.6. The Morgan fingerprint density at radius 2 is 1.90 bits per heavy atom. The molecule has 3 rings (SSSR count). The smallest absolute Gasteiger partial charge is 0.165 e. The summed E-state index contributed by atoms with van der Waals surface area (Å²) in [7, 11) is 0. The highest BCUT2D eigenvalue weighted by atomic mass is 16.6. The average molecular weight is 291 g/mol. The maximum Gasteiger partial charge on any atom is 0.165 e. The van der Waals surface area contributed by atoms with E-state index >= 15 is 0 Å². The molecule has 0 amide bonds. The highest BCUT2D eigenvalue weighted by molar-refractivity contribution is 5.47. The number of hydrogen-bond donors (Lipinski definition) is 2. The van der Waals surface area contributed by atoms with Crippen LogP contribution >= 0.6 is 0 Å². The predicted octanol–water partition coefficient (Wildman–Crippen LogP) is 2.49. The first kappa shape index (κ1) is 14.7. The molecule has 0 bridgehead atoms. The van der Waals surface area contributed by atoms with Gasteiger partial charge in [-0.1, -0.05) is 31.4 Å². The van der Waals surface area contributed by atoms with Crippen molar-refractivity contribution < 1.29 is 14.6 Å². The summed E-state index contributed by atoms with van der Waals surface area (Å²) >= 11 is 0. The van der Waals surface area contributed by atoms with Crippen LogP contribution < -0.4 is 14.8 Å². The van der Waals surface area contributed by atoms with Crippen LogP contribution in [0.25, 0.3) is 0 Å². The van der Waals surface area contributed by atoms with Gasteiger partial charge in [-0.05, 0) is 18.9 Å². The number of nitrogens with one attached hydrogen (secondary N) is 1. The fourth-order valence-corrected chi connectivity index (χ4v) is 3.43. The molecule has 2 aliphatic rings. The van der Waals surface area contributed by atoms with Crippen molar-refractivity contribution in [3.05, 3.63) is 23.8 Å². The van der Waals surface area contributed by atoms with Crippen molar-refractivity contribution in [2.75, 3.05) is 26.4 Å². The van der Waals surface area contributed by atoms with Gasteiger partial charge in [0.15, 0.2) is 11.5 Å². The summed E-state index contributed by atoms with van der Waals surface area (Å²) in [6.45, 7) is 3.15. The molecule has 1 heterocycles. The first-order valence-corrected chi connectivity index (χ1v) is 8.02. The van der Waals surface area contributed by atoms with Gasteiger partial charge >= 0.3 is 0 Å². The molecule has 0 saturated heterocycles. The lowest BCUT2D eigenvalue weighted by atomic mass is 9.74. The molecular formula is C17H25NO3. The number of benzene rings is 1. The van der Waals surface area contributed by atoms with Crippen LogP contribution in [0, 0.1) is 5.41 Å². The normalized spacial score (nSPS) is 20.2. The number of ether oxygens (including phenoxy) is 2. The lowest BCUT2D eigenvalue weighted by molar-refractivity contribution is 0.0809. The summed E-state index contributed by atoms with van der Waals surface area (Å²) in [4.78, 5) is 0. The van der Waals surface area contributed by atoms with Crippen molar-refractivity contribution in [3.8, 4) is 11.5 Å². The molecule has 0 unspecified atom stereocenters. The number of rotatable bonds is 5. The molecule has 116 valence electrons. The Kier molecular flexibility index (Phi) is 4.66. The lowest BCUT2D eigenvalue weighted by Crippen LogP contribution is -2.38. The van der Waals surface area contributed by atoms with Crippen LogP contribution in [0.3, 0.4) is 0 Å². The van der Waals surface area contributed by atoms with E-state index in [2.05, 4.69) is 11.4 Å². The van der Waals surface area contributed by atoms with Gasteiger partial charge in [-0.15, -0.1) is 0 Å². The van der Waals surface area contributed by atoms with E-state index in [9.17, 15) is 5.11 Å². The average Bonchev–Trinajstić information content (AvgIpc) is 2.56. The second kappa shape index (κ2) is 6.67. The Balaban J connectivity index is 1.60. The minimum atomic E-state index is 0.0739. The third-order valence-corrected chi connectivity index (χ3v) is 4.71. The van der Waals surface area contributed by atoms with Crippen LogP contribution in [0.15, 0.2) is 18.2 Å². The summed E-state index contributed by atoms with van der Waals surface area (Å²) in [5, 5.41) is 13.3. The van der Waals surface area contributed by atoms with Gasteiger partial charge in [0.2, 0.25) is 0 Å². The van der Waals surface area contributed by atoms with Gasteiger partial charge in [0.1, 0.15) is 13.2 Å². The SMILES string of the molecule is OCC1(CNCc2cccc3c2OCCO3)CCCCC1. The van der Waals surface area contributed by atoms with Crippen LogP contribution in [-0.4, -0.2) is 31.5 Å². The molecule has 1 saturated carbocycles. The lowest BCUT2D eigenvalue weighted by Gasteiger charge is -2.36. The van der Waals surface area contributed by atoms with Gasteiger partial charge < -0.3 is 19.9 Å². The molecule has 4 heteroatoms. The number of fused-ring (bicyclic) bond motifs is 1. The zero-order valence-electron chi connectivity index (χ0n) is 12.6. The highest BCUT2D eigenvalue weighted by Crippen LogP contribution is 2.36. The molecule has 1 aromatic carbocycles. The summed E-state index contributed by atoms with van der Waals surface area (Å²) in [6.07, 6.45) is 6.03. The largest absolute Gasteiger partial charge is 0.486 e. The Morgan fingerprint density at radius 1 is 1.10 bits per heavy atom. The van der Waals surface area contributed by atoms with Crippen molar-refractivity contribution in [3.63, 3.8) is 0 Å². The number of aliphatic hydroxyl groups excluding tert-OH is 1. The Bertz CT molecular complexity index is 469. The number of para-hydroxylation sites is 1. The van der Waals surface area contributed by atoms with Gasteiger partial charge in [-0.25, -0.2) is 0 Å². The topological polar surface area (TPSA) is 50.7 Å². The van der Waals surface area contributed by atoms with E-state index in [0.29, 0.717) is 13.2 Å². The molecule has 21 heavy (non-hydrogen) atoms. The standard InChI is InChI=1S/C17H25NO3/c19-13-17(7-2-1-3-8-17)12-18-11-14-5-4-6-15-16(14)21-10-9-20-15/h4-6,18-19H,1-3,7-13H2. The third-order valence-electron chi connectivity index (χ3n) is 4.71. The first-order chi connectivity index (χ1) is 10.3. The summed E-state index contributed by atoms with van der Waals surface area (Å²) < 4.78 is 11.3. The van der Waals surface area contributed by atoms with Crippen LogP contribution in [0.4, 0.5) is 0 Å². The first-order valence-electron chi connectivity index (χ1n) is 8.02. The molecule has 1 aliphatic carbocycles. The second-order valence-corrected chi connectivity index (χ2v) is 6.26. The van der Waals surface area contributed by atoms with E-state index in [1.807, 2.05) is 12.1 Å². The fourth-order valence-electron chi connectivity index (χ4n) is 3.43. The monoisotopic (exact) mass is 291 g/mol. The van der Waals surface area contributed by atoms with Crippen LogP contribution in [0.1, 0.15) is 37.7 Å². The summed E-state index contributed by atoms with van der Waals surface area (Å²) in [5.41, 5.74) is 1.21. The quantitative estimate of drug-likeness (QED) is 0.875. The minimum Gasteiger partial charge on any atom is -0.486 e. The van der Waals surface area contributed by atoms with E-state index in [1.165, 1.54) is 19.3 Å². The molecular weight excluding hydrogens is 266 g/mol. The van der Waals surface area contributed by atoms with Crippen LogP contribution in [-0.2, 0) is 6.54 Å². The van der Waals surface area contributed by atoms with E-state index < -0.39 is 0 Å². The maximum atomic E-state index is 9.75. The molecule has 1 fully saturated rings. The van der Waals surface area contributed by atoms with E-state index in [-0.39, 0.29) is 12.0 Å². The van der Waals surface area contributed by atoms with Crippen molar-refractivity contribution in [2.24, 2.45) is 5.41 Å². The Labute approximate surface area is 126 Å². The van der Waals surface area contributed by atoms with Crippen LogP contribution in [0.5, 0.6) is 11.5 Å².